The summed E-state index contributed by atoms with van der Waals surface area (Å²) < 4.78 is 0. The maximum atomic E-state index is 11.5. The first-order valence-corrected chi connectivity index (χ1v) is 7.84. The molecule has 0 amide bonds. The van der Waals surface area contributed by atoms with Gasteiger partial charge in [-0.05, 0) is 18.8 Å². The van der Waals surface area contributed by atoms with E-state index in [0.717, 1.165) is 30.1 Å². The first-order valence-electron chi connectivity index (χ1n) is 7.02. The summed E-state index contributed by atoms with van der Waals surface area (Å²) in [7, 11) is 0. The minimum absolute atomic E-state index is 0.132. The first-order chi connectivity index (χ1) is 9.51. The summed E-state index contributed by atoms with van der Waals surface area (Å²) in [5.41, 5.74) is -0.132. The van der Waals surface area contributed by atoms with Gasteiger partial charge in [0.15, 0.2) is 16.6 Å². The summed E-state index contributed by atoms with van der Waals surface area (Å²) in [4.78, 5) is 26.8. The number of carbonyl (C=O) groups is 2. The summed E-state index contributed by atoms with van der Waals surface area (Å²) >= 11 is 1.15. The topological polar surface area (TPSA) is 79.3 Å². The molecule has 1 saturated carbocycles. The zero-order valence-electron chi connectivity index (χ0n) is 11.8. The Morgan fingerprint density at radius 2 is 2.20 bits per heavy atom. The summed E-state index contributed by atoms with van der Waals surface area (Å²) in [5.74, 6) is -0.662. The van der Waals surface area contributed by atoms with Gasteiger partial charge in [0.1, 0.15) is 4.88 Å². The molecule has 2 rings (SSSR count). The standard InChI is InChI=1S/C14H20N2O3S/c1-3-9-5-4-6-10(7-9)15-14-16-11(13(18)19)12(20-14)8(2)17/h9-10H,3-7H2,1-2H3,(H,15,16)(H,18,19). The Bertz CT molecular complexity index is 481. The number of aromatic carboxylic acids is 1. The number of nitrogens with zero attached hydrogens (tertiary/aromatic N) is 1. The highest BCUT2D eigenvalue weighted by Gasteiger charge is 2.24. The number of hydrogen-bond acceptors (Lipinski definition) is 5. The number of Topliss-reactive ketones (excluding diaryl/α,β-unsaturated/α-hetero) is 1. The fourth-order valence-electron chi connectivity index (χ4n) is 2.73. The molecule has 0 aliphatic heterocycles. The van der Waals surface area contributed by atoms with Gasteiger partial charge in [0.2, 0.25) is 0 Å². The predicted octanol–water partition coefficient (Wildman–Crippen LogP) is 3.42. The molecule has 0 saturated heterocycles. The van der Waals surface area contributed by atoms with E-state index in [4.69, 9.17) is 5.11 Å². The summed E-state index contributed by atoms with van der Waals surface area (Å²) in [6.07, 6.45) is 5.80. The second-order valence-electron chi connectivity index (χ2n) is 5.34. The van der Waals surface area contributed by atoms with Gasteiger partial charge in [-0.15, -0.1) is 0 Å². The highest BCUT2D eigenvalue weighted by molar-refractivity contribution is 7.17. The Morgan fingerprint density at radius 3 is 2.75 bits per heavy atom. The maximum absolute atomic E-state index is 11.5. The average molecular weight is 296 g/mol. The van der Waals surface area contributed by atoms with Gasteiger partial charge in [-0.1, -0.05) is 37.5 Å². The number of carboxylic acid groups (broad SMARTS) is 1. The molecule has 1 aromatic rings. The molecule has 1 aliphatic rings. The third-order valence-electron chi connectivity index (χ3n) is 3.84. The number of rotatable bonds is 5. The molecule has 0 radical (unpaired) electrons. The third-order valence-corrected chi connectivity index (χ3v) is 4.92. The van der Waals surface area contributed by atoms with Crippen molar-refractivity contribution in [1.82, 2.24) is 4.98 Å². The second kappa shape index (κ2) is 6.35. The van der Waals surface area contributed by atoms with Crippen LogP contribution >= 0.6 is 11.3 Å². The van der Waals surface area contributed by atoms with E-state index in [9.17, 15) is 9.59 Å². The van der Waals surface area contributed by atoms with E-state index in [-0.39, 0.29) is 16.4 Å². The van der Waals surface area contributed by atoms with Gasteiger partial charge in [-0.25, -0.2) is 9.78 Å². The zero-order valence-corrected chi connectivity index (χ0v) is 12.6. The third kappa shape index (κ3) is 3.36. The molecule has 1 aromatic heterocycles. The van der Waals surface area contributed by atoms with Crippen molar-refractivity contribution >= 4 is 28.2 Å². The minimum atomic E-state index is -1.14. The summed E-state index contributed by atoms with van der Waals surface area (Å²) in [6.45, 7) is 3.57. The number of thiazole rings is 1. The molecule has 1 heterocycles. The molecule has 1 fully saturated rings. The SMILES string of the molecule is CCC1CCCC(Nc2nc(C(=O)O)c(C(C)=O)s2)C1. The van der Waals surface area contributed by atoms with Crippen molar-refractivity contribution in [3.63, 3.8) is 0 Å². The monoisotopic (exact) mass is 296 g/mol. The van der Waals surface area contributed by atoms with E-state index in [1.807, 2.05) is 0 Å². The van der Waals surface area contributed by atoms with E-state index in [0.29, 0.717) is 11.2 Å². The van der Waals surface area contributed by atoms with Crippen molar-refractivity contribution in [2.75, 3.05) is 5.32 Å². The highest BCUT2D eigenvalue weighted by Crippen LogP contribution is 2.31. The lowest BCUT2D eigenvalue weighted by molar-refractivity contribution is 0.0687. The number of ketones is 1. The highest BCUT2D eigenvalue weighted by atomic mass is 32.1. The zero-order chi connectivity index (χ0) is 14.7. The number of carboxylic acids is 1. The molecule has 1 aliphatic carbocycles. The Balaban J connectivity index is 2.11. The molecular weight excluding hydrogens is 276 g/mol. The van der Waals surface area contributed by atoms with Gasteiger partial charge in [-0.3, -0.25) is 4.79 Å². The largest absolute Gasteiger partial charge is 0.476 e. The fourth-order valence-corrected chi connectivity index (χ4v) is 3.66. The van der Waals surface area contributed by atoms with Crippen LogP contribution in [-0.2, 0) is 0 Å². The molecule has 0 spiro atoms. The summed E-state index contributed by atoms with van der Waals surface area (Å²) in [5, 5.41) is 12.9. The van der Waals surface area contributed by atoms with Gasteiger partial charge in [0, 0.05) is 13.0 Å². The fraction of sp³-hybridized carbons (Fsp3) is 0.643. The Labute approximate surface area is 122 Å². The number of nitrogens with one attached hydrogen (secondary N) is 1. The number of aromatic nitrogens is 1. The van der Waals surface area contributed by atoms with Crippen LogP contribution < -0.4 is 5.32 Å². The number of anilines is 1. The lowest BCUT2D eigenvalue weighted by Crippen LogP contribution is -2.27. The van der Waals surface area contributed by atoms with Crippen LogP contribution in [0.2, 0.25) is 0 Å². The smallest absolute Gasteiger partial charge is 0.356 e. The van der Waals surface area contributed by atoms with Crippen LogP contribution in [0.4, 0.5) is 5.13 Å². The Morgan fingerprint density at radius 1 is 1.45 bits per heavy atom. The van der Waals surface area contributed by atoms with E-state index in [2.05, 4.69) is 17.2 Å². The van der Waals surface area contributed by atoms with Crippen molar-refractivity contribution in [3.05, 3.63) is 10.6 Å². The lowest BCUT2D eigenvalue weighted by atomic mass is 9.84. The van der Waals surface area contributed by atoms with Gasteiger partial charge in [0.05, 0.1) is 0 Å². The molecule has 2 N–H and O–H groups in total. The molecule has 2 atom stereocenters. The summed E-state index contributed by atoms with van der Waals surface area (Å²) in [6, 6.07) is 0.335. The minimum Gasteiger partial charge on any atom is -0.476 e. The lowest BCUT2D eigenvalue weighted by Gasteiger charge is -2.28. The van der Waals surface area contributed by atoms with Crippen LogP contribution in [0.5, 0.6) is 0 Å². The maximum Gasteiger partial charge on any atom is 0.356 e. The van der Waals surface area contributed by atoms with Gasteiger partial charge >= 0.3 is 5.97 Å². The van der Waals surface area contributed by atoms with Crippen molar-refractivity contribution in [2.24, 2.45) is 5.92 Å². The van der Waals surface area contributed by atoms with Crippen molar-refractivity contribution in [1.29, 1.82) is 0 Å². The number of carbonyl (C=O) groups excluding carboxylic acids is 1. The van der Waals surface area contributed by atoms with Crippen LogP contribution in [0, 0.1) is 5.92 Å². The van der Waals surface area contributed by atoms with Crippen molar-refractivity contribution < 1.29 is 14.7 Å². The molecular formula is C14H20N2O3S. The van der Waals surface area contributed by atoms with E-state index >= 15 is 0 Å². The van der Waals surface area contributed by atoms with E-state index in [1.54, 1.807) is 0 Å². The molecule has 110 valence electrons. The van der Waals surface area contributed by atoms with Crippen LogP contribution in [-0.4, -0.2) is 27.9 Å². The predicted molar refractivity (Wildman–Crippen MR) is 78.7 cm³/mol. The molecule has 6 heteroatoms. The Hall–Kier alpha value is -1.43. The van der Waals surface area contributed by atoms with Gasteiger partial charge in [-0.2, -0.15) is 0 Å². The number of hydrogen-bond donors (Lipinski definition) is 2. The van der Waals surface area contributed by atoms with Gasteiger partial charge in [0.25, 0.3) is 0 Å². The normalized spacial score (nSPS) is 22.5. The van der Waals surface area contributed by atoms with Crippen LogP contribution in [0.1, 0.15) is 66.1 Å². The Kier molecular flexibility index (Phi) is 4.75. The van der Waals surface area contributed by atoms with Crippen molar-refractivity contribution in [3.8, 4) is 0 Å². The average Bonchev–Trinajstić information content (AvgIpc) is 2.83. The molecule has 0 aromatic carbocycles. The van der Waals surface area contributed by atoms with E-state index < -0.39 is 5.97 Å². The molecule has 20 heavy (non-hydrogen) atoms. The van der Waals surface area contributed by atoms with Gasteiger partial charge < -0.3 is 10.4 Å². The van der Waals surface area contributed by atoms with Crippen molar-refractivity contribution in [2.45, 2.75) is 52.0 Å². The van der Waals surface area contributed by atoms with Crippen LogP contribution in [0.25, 0.3) is 0 Å². The van der Waals surface area contributed by atoms with E-state index in [1.165, 1.54) is 26.2 Å². The molecule has 0 bridgehead atoms. The first kappa shape index (κ1) is 15.0. The van der Waals surface area contributed by atoms with Crippen LogP contribution in [0.3, 0.4) is 0 Å². The second-order valence-corrected chi connectivity index (χ2v) is 6.34. The molecule has 2 unspecified atom stereocenters. The van der Waals surface area contributed by atoms with Crippen LogP contribution in [0.15, 0.2) is 0 Å². The molecule has 5 nitrogen and oxygen atoms in total. The quantitative estimate of drug-likeness (QED) is 0.814.